The highest BCUT2D eigenvalue weighted by Gasteiger charge is 2.39. The van der Waals surface area contributed by atoms with Crippen LogP contribution < -0.4 is 5.32 Å². The van der Waals surface area contributed by atoms with Gasteiger partial charge in [-0.2, -0.15) is 0 Å². The molecule has 2 aromatic rings. The maximum absolute atomic E-state index is 12.8. The lowest BCUT2D eigenvalue weighted by Gasteiger charge is -2.29. The molecule has 0 radical (unpaired) electrons. The van der Waals surface area contributed by atoms with E-state index in [2.05, 4.69) is 17.2 Å². The Hall–Kier alpha value is -3.92. The Morgan fingerprint density at radius 2 is 1.91 bits per heavy atom. The highest BCUT2D eigenvalue weighted by Crippen LogP contribution is 2.29. The number of nitrogens with zero attached hydrogens (tertiary/aromatic N) is 1. The van der Waals surface area contributed by atoms with Crippen molar-refractivity contribution in [2.45, 2.75) is 44.9 Å². The van der Waals surface area contributed by atoms with E-state index in [4.69, 9.17) is 4.74 Å². The molecule has 162 valence electrons. The highest BCUT2D eigenvalue weighted by atomic mass is 16.5. The number of amides is 3. The number of carbonyl (C=O) groups excluding carboxylic acids is 4. The predicted octanol–water partition coefficient (Wildman–Crippen LogP) is 2.32. The average Bonchev–Trinajstić information content (AvgIpc) is 3.13. The summed E-state index contributed by atoms with van der Waals surface area (Å²) >= 11 is 0. The van der Waals surface area contributed by atoms with Crippen molar-refractivity contribution in [1.29, 1.82) is 0 Å². The number of piperidine rings is 1. The standard InChI is InChI=1S/C25H22N2O5/c28-22-14-13-21(24(30)26-22)27-15-20-18(10-6-11-19(20)25(27)31)9-4-5-12-23(29)32-16-17-7-2-1-3-8-17/h1-3,6-8,10-11,21H,5,12-16H2,(H,26,28,30). The van der Waals surface area contributed by atoms with Crippen LogP contribution in [0, 0.1) is 11.8 Å². The summed E-state index contributed by atoms with van der Waals surface area (Å²) in [6.45, 7) is 0.502. The number of carbonyl (C=O) groups is 4. The zero-order valence-electron chi connectivity index (χ0n) is 17.4. The third kappa shape index (κ3) is 4.70. The topological polar surface area (TPSA) is 92.8 Å². The third-order valence-electron chi connectivity index (χ3n) is 5.50. The lowest BCUT2D eigenvalue weighted by atomic mass is 10.0. The summed E-state index contributed by atoms with van der Waals surface area (Å²) in [5.74, 6) is 4.72. The van der Waals surface area contributed by atoms with Gasteiger partial charge in [-0.15, -0.1) is 0 Å². The van der Waals surface area contributed by atoms with Crippen LogP contribution in [0.4, 0.5) is 0 Å². The molecule has 0 aliphatic carbocycles. The van der Waals surface area contributed by atoms with Gasteiger partial charge in [-0.05, 0) is 29.7 Å². The van der Waals surface area contributed by atoms with Gasteiger partial charge in [0.25, 0.3) is 5.91 Å². The molecule has 2 aliphatic heterocycles. The summed E-state index contributed by atoms with van der Waals surface area (Å²) in [6.07, 6.45) is 1.04. The number of fused-ring (bicyclic) bond motifs is 1. The summed E-state index contributed by atoms with van der Waals surface area (Å²) in [7, 11) is 0. The van der Waals surface area contributed by atoms with E-state index >= 15 is 0 Å². The summed E-state index contributed by atoms with van der Waals surface area (Å²) in [5, 5.41) is 2.30. The Kier molecular flexibility index (Phi) is 6.31. The van der Waals surface area contributed by atoms with Crippen LogP contribution in [0.2, 0.25) is 0 Å². The maximum Gasteiger partial charge on any atom is 0.307 e. The minimum atomic E-state index is -0.659. The molecule has 3 amide bonds. The molecular weight excluding hydrogens is 408 g/mol. The van der Waals surface area contributed by atoms with Crippen molar-refractivity contribution in [3.63, 3.8) is 0 Å². The number of benzene rings is 2. The lowest BCUT2D eigenvalue weighted by Crippen LogP contribution is -2.52. The van der Waals surface area contributed by atoms with Gasteiger partial charge < -0.3 is 9.64 Å². The second-order valence-electron chi connectivity index (χ2n) is 7.68. The van der Waals surface area contributed by atoms with Crippen LogP contribution in [0.5, 0.6) is 0 Å². The number of esters is 1. The van der Waals surface area contributed by atoms with E-state index in [1.807, 2.05) is 36.4 Å². The summed E-state index contributed by atoms with van der Waals surface area (Å²) in [5.41, 5.74) is 2.91. The molecule has 7 heteroatoms. The van der Waals surface area contributed by atoms with Crippen molar-refractivity contribution < 1.29 is 23.9 Å². The quantitative estimate of drug-likeness (QED) is 0.447. The van der Waals surface area contributed by atoms with Gasteiger partial charge in [0.05, 0.1) is 6.42 Å². The zero-order chi connectivity index (χ0) is 22.5. The van der Waals surface area contributed by atoms with E-state index in [-0.39, 0.29) is 43.8 Å². The normalized spacial score (nSPS) is 17.3. The van der Waals surface area contributed by atoms with Crippen LogP contribution in [-0.4, -0.2) is 34.6 Å². The van der Waals surface area contributed by atoms with Crippen LogP contribution in [0.15, 0.2) is 48.5 Å². The number of nitrogens with one attached hydrogen (secondary N) is 1. The third-order valence-corrected chi connectivity index (χ3v) is 5.50. The molecule has 1 unspecified atom stereocenters. The van der Waals surface area contributed by atoms with E-state index in [0.717, 1.165) is 11.1 Å². The summed E-state index contributed by atoms with van der Waals surface area (Å²) in [6, 6.07) is 14.1. The number of hydrogen-bond donors (Lipinski definition) is 1. The zero-order valence-corrected chi connectivity index (χ0v) is 17.4. The minimum Gasteiger partial charge on any atom is -0.461 e. The highest BCUT2D eigenvalue weighted by molar-refractivity contribution is 6.05. The molecule has 2 aromatic carbocycles. The van der Waals surface area contributed by atoms with Crippen molar-refractivity contribution in [3.05, 3.63) is 70.8 Å². The molecule has 0 spiro atoms. The van der Waals surface area contributed by atoms with Crippen LogP contribution in [-0.2, 0) is 32.3 Å². The minimum absolute atomic E-state index is 0.177. The van der Waals surface area contributed by atoms with Crippen LogP contribution in [0.25, 0.3) is 0 Å². The number of imide groups is 1. The molecule has 0 aromatic heterocycles. The van der Waals surface area contributed by atoms with Crippen molar-refractivity contribution in [3.8, 4) is 11.8 Å². The van der Waals surface area contributed by atoms with Crippen LogP contribution in [0.1, 0.15) is 52.7 Å². The first kappa shape index (κ1) is 21.3. The van der Waals surface area contributed by atoms with Gasteiger partial charge in [-0.25, -0.2) is 0 Å². The molecule has 1 fully saturated rings. The molecule has 2 aliphatic rings. The van der Waals surface area contributed by atoms with E-state index < -0.39 is 11.9 Å². The summed E-state index contributed by atoms with van der Waals surface area (Å²) in [4.78, 5) is 49.9. The fourth-order valence-electron chi connectivity index (χ4n) is 3.84. The van der Waals surface area contributed by atoms with Crippen LogP contribution >= 0.6 is 0 Å². The lowest BCUT2D eigenvalue weighted by molar-refractivity contribution is -0.145. The van der Waals surface area contributed by atoms with Gasteiger partial charge in [0, 0.05) is 30.5 Å². The van der Waals surface area contributed by atoms with E-state index in [9.17, 15) is 19.2 Å². The van der Waals surface area contributed by atoms with Gasteiger partial charge in [0.2, 0.25) is 11.8 Å². The Morgan fingerprint density at radius 3 is 2.69 bits per heavy atom. The summed E-state index contributed by atoms with van der Waals surface area (Å²) < 4.78 is 5.25. The van der Waals surface area contributed by atoms with Crippen molar-refractivity contribution >= 4 is 23.7 Å². The first-order chi connectivity index (χ1) is 15.5. The number of hydrogen-bond acceptors (Lipinski definition) is 5. The molecule has 0 bridgehead atoms. The molecule has 2 heterocycles. The van der Waals surface area contributed by atoms with Gasteiger partial charge in [-0.1, -0.05) is 48.2 Å². The second-order valence-corrected chi connectivity index (χ2v) is 7.68. The fraction of sp³-hybridized carbons (Fsp3) is 0.280. The average molecular weight is 430 g/mol. The molecule has 1 saturated heterocycles. The van der Waals surface area contributed by atoms with Crippen LogP contribution in [0.3, 0.4) is 0 Å². The Bertz CT molecular complexity index is 1130. The fourth-order valence-corrected chi connectivity index (χ4v) is 3.84. The van der Waals surface area contributed by atoms with Crippen molar-refractivity contribution in [2.24, 2.45) is 0 Å². The Labute approximate surface area is 185 Å². The predicted molar refractivity (Wildman–Crippen MR) is 115 cm³/mol. The first-order valence-electron chi connectivity index (χ1n) is 10.5. The molecule has 4 rings (SSSR count). The number of rotatable bonds is 5. The second kappa shape index (κ2) is 9.48. The van der Waals surface area contributed by atoms with Gasteiger partial charge in [-0.3, -0.25) is 24.5 Å². The molecular formula is C25H22N2O5. The van der Waals surface area contributed by atoms with E-state index in [0.29, 0.717) is 24.0 Å². The first-order valence-corrected chi connectivity index (χ1v) is 10.5. The molecule has 1 atom stereocenters. The molecule has 0 saturated carbocycles. The van der Waals surface area contributed by atoms with Crippen molar-refractivity contribution in [1.82, 2.24) is 10.2 Å². The monoisotopic (exact) mass is 430 g/mol. The SMILES string of the molecule is O=C1CCC(N2Cc3c(C#CCCC(=O)OCc4ccccc4)cccc3C2=O)C(=O)N1. The van der Waals surface area contributed by atoms with Gasteiger partial charge >= 0.3 is 5.97 Å². The molecule has 32 heavy (non-hydrogen) atoms. The Morgan fingerprint density at radius 1 is 1.09 bits per heavy atom. The van der Waals surface area contributed by atoms with E-state index in [1.54, 1.807) is 12.1 Å². The largest absolute Gasteiger partial charge is 0.461 e. The van der Waals surface area contributed by atoms with Gasteiger partial charge in [0.15, 0.2) is 0 Å². The number of ether oxygens (including phenoxy) is 1. The van der Waals surface area contributed by atoms with Gasteiger partial charge in [0.1, 0.15) is 12.6 Å². The maximum atomic E-state index is 12.8. The van der Waals surface area contributed by atoms with Crippen molar-refractivity contribution in [2.75, 3.05) is 0 Å². The van der Waals surface area contributed by atoms with E-state index in [1.165, 1.54) is 4.90 Å². The smallest absolute Gasteiger partial charge is 0.307 e. The Balaban J connectivity index is 1.36. The molecule has 1 N–H and O–H groups in total. The molecule has 7 nitrogen and oxygen atoms in total.